The fraction of sp³-hybridized carbons (Fsp3) is 0.0800. The first-order valence-corrected chi connectivity index (χ1v) is 9.67. The fourth-order valence-electron chi connectivity index (χ4n) is 3.17. The highest BCUT2D eigenvalue weighted by atomic mass is 16.6. The third-order valence-corrected chi connectivity index (χ3v) is 4.73. The number of ether oxygens (including phenoxy) is 1. The van der Waals surface area contributed by atoms with Crippen LogP contribution in [0.25, 0.3) is 11.0 Å². The minimum atomic E-state index is -1.21. The second-order valence-corrected chi connectivity index (χ2v) is 6.97. The molecule has 0 spiro atoms. The maximum absolute atomic E-state index is 13.0. The van der Waals surface area contributed by atoms with Gasteiger partial charge in [-0.2, -0.15) is 0 Å². The number of Topliss-reactive ketones (excluding diaryl/α,β-unsaturated/α-hetero) is 1. The molecule has 4 rings (SSSR count). The van der Waals surface area contributed by atoms with E-state index in [9.17, 15) is 14.4 Å². The lowest BCUT2D eigenvalue weighted by molar-refractivity contribution is -0.125. The molecule has 31 heavy (non-hydrogen) atoms. The van der Waals surface area contributed by atoms with Crippen molar-refractivity contribution in [3.05, 3.63) is 102 Å². The molecule has 1 amide bonds. The number of fused-ring (bicyclic) bond motifs is 1. The van der Waals surface area contributed by atoms with Crippen molar-refractivity contribution in [3.8, 4) is 0 Å². The van der Waals surface area contributed by atoms with Crippen molar-refractivity contribution in [2.75, 3.05) is 5.32 Å². The van der Waals surface area contributed by atoms with Crippen LogP contribution in [0.4, 0.5) is 5.69 Å². The molecule has 1 aromatic heterocycles. The van der Waals surface area contributed by atoms with E-state index < -0.39 is 18.0 Å². The van der Waals surface area contributed by atoms with Crippen molar-refractivity contribution >= 4 is 34.3 Å². The predicted molar refractivity (Wildman–Crippen MR) is 116 cm³/mol. The number of rotatable bonds is 6. The van der Waals surface area contributed by atoms with Gasteiger partial charge in [-0.25, -0.2) is 4.79 Å². The van der Waals surface area contributed by atoms with Gasteiger partial charge in [-0.1, -0.05) is 60.7 Å². The summed E-state index contributed by atoms with van der Waals surface area (Å²) >= 11 is 0. The summed E-state index contributed by atoms with van der Waals surface area (Å²) in [5.41, 5.74) is 1.95. The van der Waals surface area contributed by atoms with Gasteiger partial charge in [0.05, 0.1) is 0 Å². The second kappa shape index (κ2) is 8.67. The third kappa shape index (κ3) is 4.53. The van der Waals surface area contributed by atoms with Gasteiger partial charge in [0.15, 0.2) is 5.78 Å². The molecule has 6 heteroatoms. The Balaban J connectivity index is 1.60. The van der Waals surface area contributed by atoms with Crippen molar-refractivity contribution in [1.82, 2.24) is 0 Å². The number of amides is 1. The van der Waals surface area contributed by atoms with Crippen LogP contribution < -0.4 is 5.32 Å². The summed E-state index contributed by atoms with van der Waals surface area (Å²) < 4.78 is 11.1. The summed E-state index contributed by atoms with van der Waals surface area (Å²) in [5, 5.41) is 3.48. The lowest BCUT2D eigenvalue weighted by Crippen LogP contribution is -2.26. The molecule has 1 atom stereocenters. The van der Waals surface area contributed by atoms with Crippen LogP contribution in [-0.4, -0.2) is 17.7 Å². The number of para-hydroxylation sites is 1. The molecule has 6 nitrogen and oxygen atoms in total. The van der Waals surface area contributed by atoms with Gasteiger partial charge in [0.25, 0.3) is 5.91 Å². The number of benzene rings is 3. The maximum atomic E-state index is 13.0. The predicted octanol–water partition coefficient (Wildman–Crippen LogP) is 5.17. The van der Waals surface area contributed by atoms with E-state index in [2.05, 4.69) is 5.32 Å². The highest BCUT2D eigenvalue weighted by Crippen LogP contribution is 2.25. The normalized spacial score (nSPS) is 11.6. The molecule has 3 aromatic carbocycles. The number of ketones is 1. The van der Waals surface area contributed by atoms with Crippen molar-refractivity contribution in [2.24, 2.45) is 0 Å². The zero-order valence-corrected chi connectivity index (χ0v) is 16.7. The summed E-state index contributed by atoms with van der Waals surface area (Å²) in [7, 11) is 0. The van der Waals surface area contributed by atoms with Crippen molar-refractivity contribution in [2.45, 2.75) is 13.0 Å². The van der Waals surface area contributed by atoms with Gasteiger partial charge < -0.3 is 14.5 Å². The number of hydrogen-bond acceptors (Lipinski definition) is 5. The highest BCUT2D eigenvalue weighted by Gasteiger charge is 2.27. The molecule has 1 N–H and O–H groups in total. The number of carbonyl (C=O) groups excluding carboxylic acids is 3. The zero-order chi connectivity index (χ0) is 21.8. The van der Waals surface area contributed by atoms with Crippen molar-refractivity contribution in [3.63, 3.8) is 0 Å². The Hall–Kier alpha value is -4.19. The van der Waals surface area contributed by atoms with Crippen LogP contribution in [0.2, 0.25) is 0 Å². The van der Waals surface area contributed by atoms with Gasteiger partial charge in [-0.05, 0) is 31.2 Å². The third-order valence-electron chi connectivity index (χ3n) is 4.73. The maximum Gasteiger partial charge on any atom is 0.375 e. The van der Waals surface area contributed by atoms with E-state index in [-0.39, 0.29) is 11.5 Å². The number of furan rings is 1. The molecule has 0 aliphatic heterocycles. The summed E-state index contributed by atoms with van der Waals surface area (Å²) in [5.74, 6) is -1.41. The van der Waals surface area contributed by atoms with E-state index >= 15 is 0 Å². The number of anilines is 1. The molecule has 1 heterocycles. The van der Waals surface area contributed by atoms with E-state index in [0.29, 0.717) is 22.4 Å². The van der Waals surface area contributed by atoms with Crippen LogP contribution in [0.15, 0.2) is 89.3 Å². The molecule has 0 aliphatic rings. The van der Waals surface area contributed by atoms with Crippen molar-refractivity contribution in [1.29, 1.82) is 0 Å². The van der Waals surface area contributed by atoms with Crippen LogP contribution >= 0.6 is 0 Å². The molecule has 0 unspecified atom stereocenters. The lowest BCUT2D eigenvalue weighted by Gasteiger charge is -2.17. The SMILES string of the molecule is CC(=O)c1cccc(NC(=O)[C@@H](OC(=O)c2cc3ccccc3o2)c2ccccc2)c1. The molecule has 0 saturated heterocycles. The molecule has 0 radical (unpaired) electrons. The fourth-order valence-corrected chi connectivity index (χ4v) is 3.17. The van der Waals surface area contributed by atoms with E-state index in [1.807, 2.05) is 12.1 Å². The van der Waals surface area contributed by atoms with Gasteiger partial charge in [0.1, 0.15) is 5.58 Å². The van der Waals surface area contributed by atoms with Crippen LogP contribution in [0.5, 0.6) is 0 Å². The van der Waals surface area contributed by atoms with E-state index in [1.165, 1.54) is 6.92 Å². The van der Waals surface area contributed by atoms with Gasteiger partial charge >= 0.3 is 5.97 Å². The first kappa shape index (κ1) is 20.1. The van der Waals surface area contributed by atoms with Crippen LogP contribution in [-0.2, 0) is 9.53 Å². The minimum Gasteiger partial charge on any atom is -0.449 e. The molecule has 0 aliphatic carbocycles. The van der Waals surface area contributed by atoms with Crippen LogP contribution in [0.3, 0.4) is 0 Å². The zero-order valence-electron chi connectivity index (χ0n) is 16.7. The van der Waals surface area contributed by atoms with E-state index in [1.54, 1.807) is 72.8 Å². The Morgan fingerprint density at radius 3 is 2.35 bits per heavy atom. The Labute approximate surface area is 178 Å². The Morgan fingerprint density at radius 1 is 0.871 bits per heavy atom. The Morgan fingerprint density at radius 2 is 1.61 bits per heavy atom. The number of carbonyl (C=O) groups is 3. The average Bonchev–Trinajstić information content (AvgIpc) is 3.22. The lowest BCUT2D eigenvalue weighted by atomic mass is 10.1. The molecular weight excluding hydrogens is 394 g/mol. The van der Waals surface area contributed by atoms with Crippen LogP contribution in [0.1, 0.15) is 39.5 Å². The summed E-state index contributed by atoms with van der Waals surface area (Å²) in [4.78, 5) is 37.4. The van der Waals surface area contributed by atoms with Crippen molar-refractivity contribution < 1.29 is 23.5 Å². The quantitative estimate of drug-likeness (QED) is 0.348. The van der Waals surface area contributed by atoms with Gasteiger partial charge in [-0.15, -0.1) is 0 Å². The van der Waals surface area contributed by atoms with Crippen LogP contribution in [0, 0.1) is 0 Å². The molecular formula is C25H19NO5. The Bertz CT molecular complexity index is 1230. The molecule has 4 aromatic rings. The van der Waals surface area contributed by atoms with E-state index in [4.69, 9.17) is 9.15 Å². The van der Waals surface area contributed by atoms with Gasteiger partial charge in [0.2, 0.25) is 11.9 Å². The number of esters is 1. The molecule has 154 valence electrons. The van der Waals surface area contributed by atoms with E-state index in [0.717, 1.165) is 5.39 Å². The summed E-state index contributed by atoms with van der Waals surface area (Å²) in [6.07, 6.45) is -1.21. The first-order valence-electron chi connectivity index (χ1n) is 9.67. The average molecular weight is 413 g/mol. The Kier molecular flexibility index (Phi) is 5.62. The van der Waals surface area contributed by atoms with Gasteiger partial charge in [0, 0.05) is 22.2 Å². The number of hydrogen-bond donors (Lipinski definition) is 1. The smallest absolute Gasteiger partial charge is 0.375 e. The summed E-state index contributed by atoms with van der Waals surface area (Å²) in [6.45, 7) is 1.45. The second-order valence-electron chi connectivity index (χ2n) is 6.97. The standard InChI is InChI=1S/C25H19NO5/c1-16(27)18-11-7-12-20(14-18)26-24(28)23(17-8-3-2-4-9-17)31-25(29)22-15-19-10-5-6-13-21(19)30-22/h2-15,23H,1H3,(H,26,28)/t23-/m0/s1. The number of nitrogens with one attached hydrogen (secondary N) is 1. The molecule has 0 saturated carbocycles. The monoisotopic (exact) mass is 413 g/mol. The molecule has 0 fully saturated rings. The minimum absolute atomic E-state index is 0.00788. The summed E-state index contributed by atoms with van der Waals surface area (Å²) in [6, 6.07) is 24.0. The first-order chi connectivity index (χ1) is 15.0. The topological polar surface area (TPSA) is 85.6 Å². The highest BCUT2D eigenvalue weighted by molar-refractivity contribution is 6.00. The molecule has 0 bridgehead atoms. The van der Waals surface area contributed by atoms with Gasteiger partial charge in [-0.3, -0.25) is 9.59 Å². The largest absolute Gasteiger partial charge is 0.449 e.